The Labute approximate surface area is 116 Å². The quantitative estimate of drug-likeness (QED) is 0.687. The SMILES string of the molecule is CC(C)CCCNCCOCc1ccc(Cl)cc1. The van der Waals surface area contributed by atoms with Crippen molar-refractivity contribution < 1.29 is 4.74 Å². The summed E-state index contributed by atoms with van der Waals surface area (Å²) in [4.78, 5) is 0. The van der Waals surface area contributed by atoms with Crippen molar-refractivity contribution in [2.45, 2.75) is 33.3 Å². The van der Waals surface area contributed by atoms with Gasteiger partial charge in [0.1, 0.15) is 0 Å². The van der Waals surface area contributed by atoms with Crippen LogP contribution in [0.15, 0.2) is 24.3 Å². The molecule has 0 spiro atoms. The number of nitrogens with one attached hydrogen (secondary N) is 1. The highest BCUT2D eigenvalue weighted by Crippen LogP contribution is 2.09. The van der Waals surface area contributed by atoms with Gasteiger partial charge in [-0.1, -0.05) is 37.6 Å². The maximum Gasteiger partial charge on any atom is 0.0717 e. The minimum Gasteiger partial charge on any atom is -0.375 e. The van der Waals surface area contributed by atoms with Crippen LogP contribution in [0.4, 0.5) is 0 Å². The Kier molecular flexibility index (Phi) is 8.06. The van der Waals surface area contributed by atoms with E-state index in [9.17, 15) is 0 Å². The fourth-order valence-electron chi connectivity index (χ4n) is 1.68. The summed E-state index contributed by atoms with van der Waals surface area (Å²) in [5, 5.41) is 4.16. The van der Waals surface area contributed by atoms with Gasteiger partial charge in [-0.3, -0.25) is 0 Å². The summed E-state index contributed by atoms with van der Waals surface area (Å²) in [5.41, 5.74) is 1.17. The molecule has 0 amide bonds. The smallest absolute Gasteiger partial charge is 0.0717 e. The first-order valence-electron chi connectivity index (χ1n) is 6.71. The summed E-state index contributed by atoms with van der Waals surface area (Å²) in [5.74, 6) is 0.799. The molecular formula is C15H24ClNO. The van der Waals surface area contributed by atoms with Crippen LogP contribution in [0.1, 0.15) is 32.3 Å². The summed E-state index contributed by atoms with van der Waals surface area (Å²) >= 11 is 5.82. The molecule has 18 heavy (non-hydrogen) atoms. The topological polar surface area (TPSA) is 21.3 Å². The molecule has 0 bridgehead atoms. The highest BCUT2D eigenvalue weighted by Gasteiger charge is 1.95. The molecule has 0 saturated heterocycles. The molecule has 0 aliphatic carbocycles. The lowest BCUT2D eigenvalue weighted by Gasteiger charge is -2.07. The Morgan fingerprint density at radius 2 is 1.89 bits per heavy atom. The molecule has 0 aliphatic heterocycles. The number of hydrogen-bond acceptors (Lipinski definition) is 2. The van der Waals surface area contributed by atoms with Gasteiger partial charge in [0.05, 0.1) is 13.2 Å². The maximum absolute atomic E-state index is 5.82. The fourth-order valence-corrected chi connectivity index (χ4v) is 1.80. The minimum atomic E-state index is 0.658. The zero-order valence-electron chi connectivity index (χ0n) is 11.4. The number of rotatable bonds is 9. The van der Waals surface area contributed by atoms with Crippen molar-refractivity contribution in [3.05, 3.63) is 34.9 Å². The lowest BCUT2D eigenvalue weighted by molar-refractivity contribution is 0.122. The van der Waals surface area contributed by atoms with Crippen molar-refractivity contribution >= 4 is 11.6 Å². The summed E-state index contributed by atoms with van der Waals surface area (Å²) in [6, 6.07) is 7.78. The van der Waals surface area contributed by atoms with Crippen LogP contribution in [-0.2, 0) is 11.3 Å². The highest BCUT2D eigenvalue weighted by atomic mass is 35.5. The summed E-state index contributed by atoms with van der Waals surface area (Å²) in [7, 11) is 0. The largest absolute Gasteiger partial charge is 0.375 e. The normalized spacial score (nSPS) is 11.1. The van der Waals surface area contributed by atoms with Crippen LogP contribution in [0.2, 0.25) is 5.02 Å². The number of ether oxygens (including phenoxy) is 1. The van der Waals surface area contributed by atoms with Gasteiger partial charge in [-0.25, -0.2) is 0 Å². The van der Waals surface area contributed by atoms with Gasteiger partial charge in [0.15, 0.2) is 0 Å². The fraction of sp³-hybridized carbons (Fsp3) is 0.600. The molecule has 0 fully saturated rings. The summed E-state index contributed by atoms with van der Waals surface area (Å²) in [6.07, 6.45) is 2.54. The van der Waals surface area contributed by atoms with E-state index in [1.54, 1.807) is 0 Å². The van der Waals surface area contributed by atoms with Crippen LogP contribution < -0.4 is 5.32 Å². The first-order chi connectivity index (χ1) is 8.68. The molecule has 0 radical (unpaired) electrons. The van der Waals surface area contributed by atoms with Crippen molar-refractivity contribution in [3.63, 3.8) is 0 Å². The maximum atomic E-state index is 5.82. The molecule has 0 aromatic heterocycles. The van der Waals surface area contributed by atoms with Gasteiger partial charge in [0.25, 0.3) is 0 Å². The third-order valence-electron chi connectivity index (χ3n) is 2.74. The summed E-state index contributed by atoms with van der Waals surface area (Å²) < 4.78 is 5.58. The Hall–Kier alpha value is -0.570. The average molecular weight is 270 g/mol. The van der Waals surface area contributed by atoms with E-state index in [4.69, 9.17) is 16.3 Å². The Balaban J connectivity index is 1.94. The second-order valence-corrected chi connectivity index (χ2v) is 5.40. The predicted octanol–water partition coefficient (Wildman–Crippen LogP) is 3.88. The molecule has 102 valence electrons. The second-order valence-electron chi connectivity index (χ2n) is 4.97. The van der Waals surface area contributed by atoms with Gasteiger partial charge < -0.3 is 10.1 Å². The Bertz CT molecular complexity index is 311. The van der Waals surface area contributed by atoms with Crippen molar-refractivity contribution in [2.24, 2.45) is 5.92 Å². The summed E-state index contributed by atoms with van der Waals surface area (Å²) in [6.45, 7) is 7.94. The molecule has 0 aliphatic rings. The molecule has 1 N–H and O–H groups in total. The Morgan fingerprint density at radius 3 is 2.56 bits per heavy atom. The third-order valence-corrected chi connectivity index (χ3v) is 2.99. The highest BCUT2D eigenvalue weighted by molar-refractivity contribution is 6.30. The van der Waals surface area contributed by atoms with E-state index >= 15 is 0 Å². The van der Waals surface area contributed by atoms with Gasteiger partial charge in [-0.05, 0) is 43.0 Å². The monoisotopic (exact) mass is 269 g/mol. The molecular weight excluding hydrogens is 246 g/mol. The van der Waals surface area contributed by atoms with E-state index in [1.807, 2.05) is 24.3 Å². The molecule has 1 rings (SSSR count). The average Bonchev–Trinajstić information content (AvgIpc) is 2.34. The molecule has 0 heterocycles. The molecule has 0 atom stereocenters. The van der Waals surface area contributed by atoms with E-state index in [0.29, 0.717) is 6.61 Å². The van der Waals surface area contributed by atoms with Crippen LogP contribution in [-0.4, -0.2) is 19.7 Å². The number of benzene rings is 1. The molecule has 2 nitrogen and oxygen atoms in total. The molecule has 0 saturated carbocycles. The molecule has 1 aromatic rings. The standard InChI is InChI=1S/C15H24ClNO/c1-13(2)4-3-9-17-10-11-18-12-14-5-7-15(16)8-6-14/h5-8,13,17H,3-4,9-12H2,1-2H3. The third kappa shape index (κ3) is 7.70. The Morgan fingerprint density at radius 1 is 1.17 bits per heavy atom. The van der Waals surface area contributed by atoms with Crippen LogP contribution in [0, 0.1) is 5.92 Å². The zero-order chi connectivity index (χ0) is 13.2. The van der Waals surface area contributed by atoms with Crippen molar-refractivity contribution in [3.8, 4) is 0 Å². The van der Waals surface area contributed by atoms with Gasteiger partial charge in [0, 0.05) is 11.6 Å². The number of halogens is 1. The van der Waals surface area contributed by atoms with E-state index in [0.717, 1.165) is 30.6 Å². The molecule has 0 unspecified atom stereocenters. The first-order valence-corrected chi connectivity index (χ1v) is 7.09. The van der Waals surface area contributed by atoms with Gasteiger partial charge in [-0.15, -0.1) is 0 Å². The van der Waals surface area contributed by atoms with Crippen LogP contribution >= 0.6 is 11.6 Å². The predicted molar refractivity (Wildman–Crippen MR) is 78.0 cm³/mol. The lowest BCUT2D eigenvalue weighted by Crippen LogP contribution is -2.21. The van der Waals surface area contributed by atoms with Crippen molar-refractivity contribution in [1.29, 1.82) is 0 Å². The zero-order valence-corrected chi connectivity index (χ0v) is 12.2. The van der Waals surface area contributed by atoms with E-state index in [-0.39, 0.29) is 0 Å². The van der Waals surface area contributed by atoms with Gasteiger partial charge >= 0.3 is 0 Å². The van der Waals surface area contributed by atoms with Crippen LogP contribution in [0.3, 0.4) is 0 Å². The first kappa shape index (κ1) is 15.5. The van der Waals surface area contributed by atoms with Crippen molar-refractivity contribution in [2.75, 3.05) is 19.7 Å². The van der Waals surface area contributed by atoms with Crippen molar-refractivity contribution in [1.82, 2.24) is 5.32 Å². The molecule has 3 heteroatoms. The van der Waals surface area contributed by atoms with E-state index in [1.165, 1.54) is 18.4 Å². The second kappa shape index (κ2) is 9.37. The van der Waals surface area contributed by atoms with Gasteiger partial charge in [0.2, 0.25) is 0 Å². The van der Waals surface area contributed by atoms with E-state index < -0.39 is 0 Å². The lowest BCUT2D eigenvalue weighted by atomic mass is 10.1. The minimum absolute atomic E-state index is 0.658. The van der Waals surface area contributed by atoms with Crippen LogP contribution in [0.25, 0.3) is 0 Å². The van der Waals surface area contributed by atoms with Gasteiger partial charge in [-0.2, -0.15) is 0 Å². The van der Waals surface area contributed by atoms with Crippen LogP contribution in [0.5, 0.6) is 0 Å². The van der Waals surface area contributed by atoms with E-state index in [2.05, 4.69) is 19.2 Å². The molecule has 1 aromatic carbocycles. The number of hydrogen-bond donors (Lipinski definition) is 1.